The lowest BCUT2D eigenvalue weighted by atomic mass is 10.2. The Kier molecular flexibility index (Phi) is 7.31. The zero-order chi connectivity index (χ0) is 14.3. The maximum Gasteiger partial charge on any atom is 0.0900 e. The second-order valence-electron chi connectivity index (χ2n) is 5.02. The quantitative estimate of drug-likeness (QED) is 0.559. The Hall–Kier alpha value is -0.680. The summed E-state index contributed by atoms with van der Waals surface area (Å²) in [4.78, 5) is 4.94. The molecule has 0 saturated carbocycles. The number of thiophene rings is 1. The summed E-state index contributed by atoms with van der Waals surface area (Å²) >= 11 is 1.81. The molecule has 1 aromatic heterocycles. The maximum absolute atomic E-state index is 9.98. The van der Waals surface area contributed by atoms with Gasteiger partial charge in [0, 0.05) is 28.9 Å². The molecule has 0 unspecified atom stereocenters. The fourth-order valence-electron chi connectivity index (χ4n) is 1.84. The van der Waals surface area contributed by atoms with Gasteiger partial charge >= 0.3 is 0 Å². The molecule has 1 aromatic rings. The normalized spacial score (nSPS) is 13.2. The standard InChI is InChI=1S/C15H25NO2S/c1-5-8-18-11-14(17)9-16(12(2)3)10-15-7-6-13(4)19-15/h5-7,12,14,17H,1,8-11H2,2-4H3/t14-/m0/s1. The molecule has 1 N–H and O–H groups in total. The van der Waals surface area contributed by atoms with Gasteiger partial charge in [0.2, 0.25) is 0 Å². The van der Waals surface area contributed by atoms with Crippen molar-refractivity contribution in [1.29, 1.82) is 0 Å². The van der Waals surface area contributed by atoms with Crippen molar-refractivity contribution in [3.05, 3.63) is 34.5 Å². The van der Waals surface area contributed by atoms with Gasteiger partial charge in [-0.15, -0.1) is 17.9 Å². The lowest BCUT2D eigenvalue weighted by molar-refractivity contribution is 0.0181. The minimum absolute atomic E-state index is 0.360. The molecule has 0 aromatic carbocycles. The zero-order valence-corrected chi connectivity index (χ0v) is 12.9. The third-order valence-corrected chi connectivity index (χ3v) is 3.86. The van der Waals surface area contributed by atoms with Gasteiger partial charge < -0.3 is 9.84 Å². The van der Waals surface area contributed by atoms with E-state index in [0.717, 1.165) is 6.54 Å². The number of aliphatic hydroxyl groups excluding tert-OH is 1. The predicted octanol–water partition coefficient (Wildman–Crippen LogP) is 2.83. The highest BCUT2D eigenvalue weighted by atomic mass is 32.1. The molecule has 0 aliphatic rings. The van der Waals surface area contributed by atoms with Crippen LogP contribution in [0.4, 0.5) is 0 Å². The number of aryl methyl sites for hydroxylation is 1. The molecule has 1 atom stereocenters. The molecule has 0 aliphatic heterocycles. The van der Waals surface area contributed by atoms with Crippen LogP contribution in [-0.2, 0) is 11.3 Å². The summed E-state index contributed by atoms with van der Waals surface area (Å²) in [5.74, 6) is 0. The summed E-state index contributed by atoms with van der Waals surface area (Å²) < 4.78 is 5.29. The molecule has 4 heteroatoms. The summed E-state index contributed by atoms with van der Waals surface area (Å²) in [6, 6.07) is 4.70. The van der Waals surface area contributed by atoms with Crippen molar-refractivity contribution in [3.63, 3.8) is 0 Å². The van der Waals surface area contributed by atoms with Gasteiger partial charge in [-0.1, -0.05) is 6.08 Å². The van der Waals surface area contributed by atoms with Crippen LogP contribution in [0.2, 0.25) is 0 Å². The average Bonchev–Trinajstić information content (AvgIpc) is 2.74. The van der Waals surface area contributed by atoms with Gasteiger partial charge in [0.1, 0.15) is 0 Å². The summed E-state index contributed by atoms with van der Waals surface area (Å²) in [6.45, 7) is 12.4. The van der Waals surface area contributed by atoms with Gasteiger partial charge in [0.05, 0.1) is 19.3 Å². The van der Waals surface area contributed by atoms with Gasteiger partial charge in [0.15, 0.2) is 0 Å². The van der Waals surface area contributed by atoms with Crippen molar-refractivity contribution in [2.24, 2.45) is 0 Å². The molecule has 0 aliphatic carbocycles. The molecule has 19 heavy (non-hydrogen) atoms. The SMILES string of the molecule is C=CCOC[C@@H](O)CN(Cc1ccc(C)s1)C(C)C. The number of hydrogen-bond acceptors (Lipinski definition) is 4. The van der Waals surface area contributed by atoms with E-state index in [4.69, 9.17) is 4.74 Å². The molecular formula is C15H25NO2S. The Morgan fingerprint density at radius 3 is 2.74 bits per heavy atom. The summed E-state index contributed by atoms with van der Waals surface area (Å²) in [7, 11) is 0. The first-order chi connectivity index (χ1) is 9.02. The lowest BCUT2D eigenvalue weighted by Crippen LogP contribution is -2.38. The van der Waals surface area contributed by atoms with Crippen LogP contribution in [0.15, 0.2) is 24.8 Å². The number of rotatable bonds is 9. The first-order valence-electron chi connectivity index (χ1n) is 6.69. The van der Waals surface area contributed by atoms with E-state index in [9.17, 15) is 5.11 Å². The number of ether oxygens (including phenoxy) is 1. The maximum atomic E-state index is 9.98. The minimum Gasteiger partial charge on any atom is -0.389 e. The summed E-state index contributed by atoms with van der Waals surface area (Å²) in [5.41, 5.74) is 0. The van der Waals surface area contributed by atoms with Crippen molar-refractivity contribution in [3.8, 4) is 0 Å². The van der Waals surface area contributed by atoms with E-state index in [1.807, 2.05) is 11.3 Å². The van der Waals surface area contributed by atoms with Gasteiger partial charge in [-0.3, -0.25) is 4.90 Å². The van der Waals surface area contributed by atoms with E-state index in [1.54, 1.807) is 6.08 Å². The van der Waals surface area contributed by atoms with Crippen LogP contribution in [0, 0.1) is 6.92 Å². The Balaban J connectivity index is 2.46. The smallest absolute Gasteiger partial charge is 0.0900 e. The van der Waals surface area contributed by atoms with E-state index in [0.29, 0.717) is 25.8 Å². The number of aliphatic hydroxyl groups is 1. The first-order valence-corrected chi connectivity index (χ1v) is 7.50. The van der Waals surface area contributed by atoms with Crippen LogP contribution in [0.5, 0.6) is 0 Å². The van der Waals surface area contributed by atoms with Gasteiger partial charge in [-0.25, -0.2) is 0 Å². The van der Waals surface area contributed by atoms with E-state index >= 15 is 0 Å². The van der Waals surface area contributed by atoms with Gasteiger partial charge in [-0.05, 0) is 32.9 Å². The monoisotopic (exact) mass is 283 g/mol. The fourth-order valence-corrected chi connectivity index (χ4v) is 2.76. The first kappa shape index (κ1) is 16.4. The van der Waals surface area contributed by atoms with Gasteiger partial charge in [-0.2, -0.15) is 0 Å². The fraction of sp³-hybridized carbons (Fsp3) is 0.600. The van der Waals surface area contributed by atoms with Crippen LogP contribution in [0.1, 0.15) is 23.6 Å². The predicted molar refractivity (Wildman–Crippen MR) is 81.6 cm³/mol. The summed E-state index contributed by atoms with van der Waals surface area (Å²) in [5, 5.41) is 9.98. The van der Waals surface area contributed by atoms with Crippen LogP contribution in [0.25, 0.3) is 0 Å². The van der Waals surface area contributed by atoms with E-state index in [1.165, 1.54) is 9.75 Å². The van der Waals surface area contributed by atoms with E-state index in [2.05, 4.69) is 44.4 Å². The molecule has 108 valence electrons. The lowest BCUT2D eigenvalue weighted by Gasteiger charge is -2.28. The second kappa shape index (κ2) is 8.48. The minimum atomic E-state index is -0.455. The topological polar surface area (TPSA) is 32.7 Å². The van der Waals surface area contributed by atoms with Crippen molar-refractivity contribution in [2.75, 3.05) is 19.8 Å². The second-order valence-corrected chi connectivity index (χ2v) is 6.39. The molecule has 0 fully saturated rings. The molecule has 3 nitrogen and oxygen atoms in total. The van der Waals surface area contributed by atoms with Crippen molar-refractivity contribution in [2.45, 2.75) is 39.5 Å². The number of nitrogens with zero attached hydrogens (tertiary/aromatic N) is 1. The van der Waals surface area contributed by atoms with Crippen molar-refractivity contribution in [1.82, 2.24) is 4.90 Å². The molecule has 0 spiro atoms. The molecule has 0 amide bonds. The highest BCUT2D eigenvalue weighted by molar-refractivity contribution is 7.11. The highest BCUT2D eigenvalue weighted by Crippen LogP contribution is 2.18. The average molecular weight is 283 g/mol. The van der Waals surface area contributed by atoms with Gasteiger partial charge in [0.25, 0.3) is 0 Å². The Labute approximate surface area is 120 Å². The van der Waals surface area contributed by atoms with Crippen molar-refractivity contribution < 1.29 is 9.84 Å². The summed E-state index contributed by atoms with van der Waals surface area (Å²) in [6.07, 6.45) is 1.24. The van der Waals surface area contributed by atoms with Crippen LogP contribution in [0.3, 0.4) is 0 Å². The molecule has 0 bridgehead atoms. The third kappa shape index (κ3) is 6.34. The van der Waals surface area contributed by atoms with E-state index < -0.39 is 6.10 Å². The Bertz CT molecular complexity index is 376. The molecular weight excluding hydrogens is 258 g/mol. The molecule has 1 rings (SSSR count). The Morgan fingerprint density at radius 2 is 2.21 bits per heavy atom. The van der Waals surface area contributed by atoms with Crippen molar-refractivity contribution >= 4 is 11.3 Å². The third-order valence-electron chi connectivity index (χ3n) is 2.88. The molecule has 0 radical (unpaired) electrons. The zero-order valence-electron chi connectivity index (χ0n) is 12.1. The van der Waals surface area contributed by atoms with Crippen LogP contribution < -0.4 is 0 Å². The van der Waals surface area contributed by atoms with E-state index in [-0.39, 0.29) is 0 Å². The molecule has 0 saturated heterocycles. The van der Waals surface area contributed by atoms with Crippen LogP contribution in [-0.4, -0.2) is 41.9 Å². The largest absolute Gasteiger partial charge is 0.389 e. The number of hydrogen-bond donors (Lipinski definition) is 1. The Morgan fingerprint density at radius 1 is 1.47 bits per heavy atom. The van der Waals surface area contributed by atoms with Crippen LogP contribution >= 0.6 is 11.3 Å². The molecule has 1 heterocycles. The highest BCUT2D eigenvalue weighted by Gasteiger charge is 2.16.